The zero-order valence-electron chi connectivity index (χ0n) is 74.0. The molecule has 0 spiro atoms. The summed E-state index contributed by atoms with van der Waals surface area (Å²) in [7, 11) is 3.07. The van der Waals surface area contributed by atoms with Gasteiger partial charge in [0.05, 0.1) is 85.6 Å². The number of hydrogen-bond donors (Lipinski definition) is 9. The lowest BCUT2D eigenvalue weighted by molar-refractivity contribution is -0.385. The molecule has 0 aliphatic heterocycles. The minimum absolute atomic E-state index is 0.000524. The molecule has 48 heteroatoms. The van der Waals surface area contributed by atoms with Crippen molar-refractivity contribution in [3.8, 4) is 28.7 Å². The molecule has 0 bridgehead atoms. The van der Waals surface area contributed by atoms with E-state index in [1.165, 1.54) is 118 Å². The number of carbonyl (C=O) groups excluding carboxylic acids is 6. The van der Waals surface area contributed by atoms with Crippen LogP contribution in [0.3, 0.4) is 0 Å². The van der Waals surface area contributed by atoms with Gasteiger partial charge in [-0.3, -0.25) is 89.5 Å². The number of phenols is 3. The first-order valence-electron chi connectivity index (χ1n) is 40.0. The summed E-state index contributed by atoms with van der Waals surface area (Å²) in [4.78, 5) is 153. The summed E-state index contributed by atoms with van der Waals surface area (Å²) in [6.45, 7) is 11.0. The van der Waals surface area contributed by atoms with Gasteiger partial charge < -0.3 is 24.8 Å². The number of aromatic hydroxyl groups is 3. The fourth-order valence-corrected chi connectivity index (χ4v) is 11.3. The fourth-order valence-electron chi connectivity index (χ4n) is 11.0. The van der Waals surface area contributed by atoms with E-state index in [1.54, 1.807) is 57.2 Å². The van der Waals surface area contributed by atoms with Crippen LogP contribution in [0.5, 0.6) is 28.7 Å². The van der Waals surface area contributed by atoms with Crippen LogP contribution in [0.1, 0.15) is 139 Å². The minimum Gasteiger partial charge on any atom is -0.507 e. The Morgan fingerprint density at radius 2 is 0.734 bits per heavy atom. The van der Waals surface area contributed by atoms with Gasteiger partial charge in [0.25, 0.3) is 69.6 Å². The normalized spacial score (nSPS) is 10.8. The number of phenolic OH excluding ortho intramolecular Hbond substituents is 3. The average Bonchev–Trinajstić information content (AvgIpc) is 0.797. The molecule has 708 valence electrons. The van der Waals surface area contributed by atoms with Gasteiger partial charge in [0, 0.05) is 58.1 Å². The monoisotopic (exact) mass is 1910 g/mol. The third kappa shape index (κ3) is 32.1. The number of fused-ring (bicyclic) bond motifs is 1. The van der Waals surface area contributed by atoms with Crippen molar-refractivity contribution in [2.75, 3.05) is 14.2 Å². The van der Waals surface area contributed by atoms with Crippen LogP contribution in [-0.4, -0.2) is 161 Å². The standard InChI is InChI=1S/C17H18N4O5.C17H12N4O4.C15H14N4O3.C14H11ClN4O4.C14H12N4O4.C14H12N4O3/c1-4-11-7-15(25-2)13(16(8-11)26-3)10-19-20-17(22)14-6-5-12(9-18-14)21(23)24;22-16-8-5-11-3-1-2-4-13(11)14(16)10-19-20-17(23)15-7-6-12(9-18-15)21(24)25;1-10-3-5-12(6-4-10)11(2)17-18-15(20)14-8-7-13(9-16-14)19(21)22;1-8-4-10(15)5-9(13(8)20)6-17-18-14(21)12-3-2-11(7-16-12)19(22)23;1-9(11-4-2-3-5-13(11)19)16-17-14(20)12-7-6-10(8-15-12)18(21)22;1-10-2-4-11(5-3-10)8-16-17-14(19)13-7-6-12(9-15-13)18(20)21/h5-10H,4H2,1-3H3,(H,20,22);1-10,22H,(H,20,23);3-9H,1-2H3,(H,18,20);2-7,20H,1H3,(H,18,21);2-8,19H,1H3,(H,17,20);2-9H,1H3,(H,17,19). The van der Waals surface area contributed by atoms with Crippen LogP contribution in [0.25, 0.3) is 10.8 Å². The number of ether oxygens (including phenoxy) is 2. The van der Waals surface area contributed by atoms with Crippen LogP contribution >= 0.6 is 11.6 Å². The van der Waals surface area contributed by atoms with Gasteiger partial charge in [-0.2, -0.15) is 30.6 Å². The first-order valence-corrected chi connectivity index (χ1v) is 40.4. The Morgan fingerprint density at radius 3 is 1.10 bits per heavy atom. The van der Waals surface area contributed by atoms with Crippen LogP contribution in [-0.2, 0) is 6.42 Å². The predicted molar refractivity (Wildman–Crippen MR) is 508 cm³/mol. The lowest BCUT2D eigenvalue weighted by Crippen LogP contribution is -2.20. The Kier molecular flexibility index (Phi) is 38.9. The SMILES string of the molecule is CC(=NNC(=O)c1ccc([N+](=O)[O-])cn1)c1ccc(C)cc1.CC(=NNC(=O)c1ccc([N+](=O)[O-])cn1)c1ccccc1O.CCc1cc(OC)c(C=NNC(=O)c2ccc([N+](=O)[O-])cn2)c(OC)c1.Cc1cc(Cl)cc(C=NNC(=O)c2ccc([N+](=O)[O-])cn2)c1O.Cc1ccc(C=NNC(=O)c2ccc([N+](=O)[O-])cn2)cc1.O=C(NN=Cc1c(O)ccc2ccccc12)c1ccc([N+](=O)[O-])cn1. The Labute approximate surface area is 790 Å². The van der Waals surface area contributed by atoms with Crippen LogP contribution in [0, 0.1) is 81.5 Å². The maximum absolute atomic E-state index is 12.0. The molecule has 6 heterocycles. The van der Waals surface area contributed by atoms with Gasteiger partial charge in [0.1, 0.15) is 100 Å². The van der Waals surface area contributed by atoms with E-state index in [-0.39, 0.29) is 85.5 Å². The van der Waals surface area contributed by atoms with Crippen molar-refractivity contribution in [1.82, 2.24) is 62.5 Å². The molecule has 0 fully saturated rings. The van der Waals surface area contributed by atoms with E-state index in [0.29, 0.717) is 55.8 Å². The van der Waals surface area contributed by atoms with Gasteiger partial charge in [-0.1, -0.05) is 121 Å². The number of halogens is 1. The summed E-state index contributed by atoms with van der Waals surface area (Å²) in [6, 6.07) is 54.1. The van der Waals surface area contributed by atoms with E-state index < -0.39 is 65.0 Å². The number of pyridine rings is 6. The van der Waals surface area contributed by atoms with E-state index >= 15 is 0 Å². The average molecular weight is 1910 g/mol. The molecule has 0 aliphatic rings. The number of aryl methyl sites for hydroxylation is 4. The van der Waals surface area contributed by atoms with Gasteiger partial charge in [-0.15, -0.1) is 0 Å². The first kappa shape index (κ1) is 105. The highest BCUT2D eigenvalue weighted by atomic mass is 35.5. The van der Waals surface area contributed by atoms with E-state index in [1.807, 2.05) is 106 Å². The fraction of sp³-hybridized carbons (Fsp3) is 0.0989. The number of aromatic nitrogens is 6. The van der Waals surface area contributed by atoms with Crippen LogP contribution in [0.15, 0.2) is 274 Å². The molecule has 6 aromatic heterocycles. The van der Waals surface area contributed by atoms with E-state index in [2.05, 4.69) is 93.1 Å². The predicted octanol–water partition coefficient (Wildman–Crippen LogP) is 13.7. The summed E-state index contributed by atoms with van der Waals surface area (Å²) in [5.74, 6) is -2.32. The van der Waals surface area contributed by atoms with Gasteiger partial charge in [0.2, 0.25) is 0 Å². The summed E-state index contributed by atoms with van der Waals surface area (Å²) in [5.41, 5.74) is 21.2. The summed E-state index contributed by atoms with van der Waals surface area (Å²) in [5, 5.41) is 118. The maximum Gasteiger partial charge on any atom is 0.289 e. The molecular weight excluding hydrogens is 1830 g/mol. The van der Waals surface area contributed by atoms with Crippen LogP contribution in [0.2, 0.25) is 5.02 Å². The molecule has 13 rings (SSSR count). The number of para-hydroxylation sites is 1. The van der Waals surface area contributed by atoms with Crippen molar-refractivity contribution < 1.29 is 83.1 Å². The molecule has 0 saturated heterocycles. The smallest absolute Gasteiger partial charge is 0.289 e. The van der Waals surface area contributed by atoms with Crippen molar-refractivity contribution >= 4 is 128 Å². The molecule has 13 aromatic rings. The Balaban J connectivity index is 0.000000205. The van der Waals surface area contributed by atoms with Crippen molar-refractivity contribution in [3.05, 3.63) is 399 Å². The number of nitro groups is 6. The number of methoxy groups -OCH3 is 2. The third-order valence-electron chi connectivity index (χ3n) is 18.4. The van der Waals surface area contributed by atoms with E-state index in [0.717, 1.165) is 88.3 Å². The number of nitrogens with one attached hydrogen (secondary N) is 6. The van der Waals surface area contributed by atoms with Crippen molar-refractivity contribution in [3.63, 3.8) is 0 Å². The topological polar surface area (TPSA) is 664 Å². The molecule has 0 aliphatic carbocycles. The lowest BCUT2D eigenvalue weighted by atomic mass is 10.0. The lowest BCUT2D eigenvalue weighted by Gasteiger charge is -2.12. The highest BCUT2D eigenvalue weighted by Gasteiger charge is 2.20. The molecule has 47 nitrogen and oxygen atoms in total. The summed E-state index contributed by atoms with van der Waals surface area (Å²) < 4.78 is 10.7. The van der Waals surface area contributed by atoms with E-state index in [4.69, 9.17) is 21.1 Å². The van der Waals surface area contributed by atoms with Gasteiger partial charge >= 0.3 is 0 Å². The summed E-state index contributed by atoms with van der Waals surface area (Å²) >= 11 is 5.87. The number of benzene rings is 7. The van der Waals surface area contributed by atoms with Crippen molar-refractivity contribution in [1.29, 1.82) is 0 Å². The molecule has 0 unspecified atom stereocenters. The van der Waals surface area contributed by atoms with Crippen molar-refractivity contribution in [2.24, 2.45) is 30.6 Å². The summed E-state index contributed by atoms with van der Waals surface area (Å²) in [6.07, 6.45) is 12.3. The Morgan fingerprint density at radius 1 is 0.388 bits per heavy atom. The molecule has 7 aromatic carbocycles. The number of hydrogen-bond acceptors (Lipinski definition) is 35. The molecule has 6 amide bonds. The minimum atomic E-state index is -0.644. The zero-order valence-corrected chi connectivity index (χ0v) is 74.8. The second-order valence-corrected chi connectivity index (χ2v) is 28.4. The van der Waals surface area contributed by atoms with Gasteiger partial charge in [0.15, 0.2) is 0 Å². The highest BCUT2D eigenvalue weighted by Crippen LogP contribution is 2.31. The first-order chi connectivity index (χ1) is 66.4. The molecule has 0 atom stereocenters. The number of rotatable bonds is 27. The third-order valence-corrected chi connectivity index (χ3v) is 18.6. The molecular formula is C91H79ClN24O23. The largest absolute Gasteiger partial charge is 0.507 e. The second-order valence-electron chi connectivity index (χ2n) is 28.0. The number of nitrogens with zero attached hydrogens (tertiary/aromatic N) is 18. The van der Waals surface area contributed by atoms with Gasteiger partial charge in [-0.25, -0.2) is 62.5 Å². The number of amides is 6. The van der Waals surface area contributed by atoms with Crippen LogP contribution in [0.4, 0.5) is 34.1 Å². The molecule has 0 saturated carbocycles. The molecule has 0 radical (unpaired) electrons. The molecule has 139 heavy (non-hydrogen) atoms. The zero-order chi connectivity index (χ0) is 101. The van der Waals surface area contributed by atoms with Crippen molar-refractivity contribution in [2.45, 2.75) is 48.0 Å². The number of hydrazone groups is 6. The molecule has 9 N–H and O–H groups in total. The quantitative estimate of drug-likeness (QED) is 0.0131. The Hall–Kier alpha value is -19.8. The van der Waals surface area contributed by atoms with E-state index in [9.17, 15) is 105 Å². The number of carbonyl (C=O) groups is 6. The second kappa shape index (κ2) is 51.7. The maximum atomic E-state index is 12.0. The highest BCUT2D eigenvalue weighted by molar-refractivity contribution is 6.31. The van der Waals surface area contributed by atoms with Gasteiger partial charge in [-0.05, 0) is 153 Å². The Bertz CT molecular complexity index is 6840. The van der Waals surface area contributed by atoms with Crippen LogP contribution < -0.4 is 42.0 Å².